The van der Waals surface area contributed by atoms with Crippen molar-refractivity contribution >= 4 is 11.6 Å². The standard InChI is InChI=1S/C9H10ClFO2/c1-13-9-6(4-5-12)2-3-7(10)8(9)11/h2-3,12H,4-5H2,1H3. The Balaban J connectivity index is 3.13. The number of rotatable bonds is 3. The Bertz CT molecular complexity index is 302. The van der Waals surface area contributed by atoms with E-state index in [1.54, 1.807) is 6.07 Å². The molecule has 0 fully saturated rings. The summed E-state index contributed by atoms with van der Waals surface area (Å²) in [6.07, 6.45) is 0.358. The van der Waals surface area contributed by atoms with Crippen LogP contribution in [0.4, 0.5) is 4.39 Å². The van der Waals surface area contributed by atoms with E-state index in [9.17, 15) is 4.39 Å². The normalized spacial score (nSPS) is 10.2. The van der Waals surface area contributed by atoms with E-state index in [4.69, 9.17) is 21.4 Å². The Morgan fingerprint density at radius 1 is 1.54 bits per heavy atom. The maximum atomic E-state index is 13.2. The van der Waals surface area contributed by atoms with Gasteiger partial charge in [-0.25, -0.2) is 4.39 Å². The molecule has 0 unspecified atom stereocenters. The molecule has 0 saturated heterocycles. The zero-order valence-corrected chi connectivity index (χ0v) is 7.94. The molecule has 0 bridgehead atoms. The molecule has 4 heteroatoms. The van der Waals surface area contributed by atoms with Crippen molar-refractivity contribution in [2.75, 3.05) is 13.7 Å². The summed E-state index contributed by atoms with van der Waals surface area (Å²) in [5.74, 6) is -0.461. The molecular formula is C9H10ClFO2. The second kappa shape index (κ2) is 4.44. The molecule has 0 aliphatic rings. The van der Waals surface area contributed by atoms with Gasteiger partial charge in [-0.2, -0.15) is 0 Å². The van der Waals surface area contributed by atoms with Gasteiger partial charge in [0, 0.05) is 6.61 Å². The van der Waals surface area contributed by atoms with Gasteiger partial charge >= 0.3 is 0 Å². The quantitative estimate of drug-likeness (QED) is 0.817. The first kappa shape index (κ1) is 10.3. The molecule has 1 aromatic rings. The van der Waals surface area contributed by atoms with E-state index in [0.29, 0.717) is 12.0 Å². The van der Waals surface area contributed by atoms with E-state index in [1.807, 2.05) is 0 Å². The Labute approximate surface area is 80.9 Å². The van der Waals surface area contributed by atoms with Gasteiger partial charge in [-0.05, 0) is 18.1 Å². The van der Waals surface area contributed by atoms with Crippen molar-refractivity contribution in [1.29, 1.82) is 0 Å². The minimum absolute atomic E-state index is 0.0264. The van der Waals surface area contributed by atoms with Gasteiger partial charge in [0.1, 0.15) is 0 Å². The first-order valence-corrected chi connectivity index (χ1v) is 4.20. The van der Waals surface area contributed by atoms with E-state index in [1.165, 1.54) is 13.2 Å². The zero-order chi connectivity index (χ0) is 9.84. The van der Waals surface area contributed by atoms with Gasteiger partial charge in [0.05, 0.1) is 12.1 Å². The van der Waals surface area contributed by atoms with Crippen LogP contribution in [-0.2, 0) is 6.42 Å². The molecule has 0 heterocycles. The van der Waals surface area contributed by atoms with Crippen molar-refractivity contribution in [1.82, 2.24) is 0 Å². The van der Waals surface area contributed by atoms with Gasteiger partial charge in [0.2, 0.25) is 0 Å². The fraction of sp³-hybridized carbons (Fsp3) is 0.333. The lowest BCUT2D eigenvalue weighted by Gasteiger charge is -2.08. The summed E-state index contributed by atoms with van der Waals surface area (Å²) in [6, 6.07) is 3.09. The van der Waals surface area contributed by atoms with Crippen LogP contribution in [0.3, 0.4) is 0 Å². The summed E-state index contributed by atoms with van der Waals surface area (Å²) >= 11 is 5.55. The molecule has 1 aromatic carbocycles. The van der Waals surface area contributed by atoms with Crippen molar-refractivity contribution in [3.05, 3.63) is 28.5 Å². The van der Waals surface area contributed by atoms with Crippen LogP contribution in [0.5, 0.6) is 5.75 Å². The smallest absolute Gasteiger partial charge is 0.183 e. The zero-order valence-electron chi connectivity index (χ0n) is 7.18. The molecule has 1 N–H and O–H groups in total. The molecule has 0 radical (unpaired) electrons. The van der Waals surface area contributed by atoms with Crippen LogP contribution in [0.1, 0.15) is 5.56 Å². The highest BCUT2D eigenvalue weighted by Gasteiger charge is 2.11. The Hall–Kier alpha value is -0.800. The number of methoxy groups -OCH3 is 1. The second-order valence-electron chi connectivity index (χ2n) is 2.53. The third-order valence-electron chi connectivity index (χ3n) is 1.72. The van der Waals surface area contributed by atoms with E-state index < -0.39 is 5.82 Å². The van der Waals surface area contributed by atoms with Gasteiger partial charge < -0.3 is 9.84 Å². The number of halogens is 2. The predicted octanol–water partition coefficient (Wildman–Crippen LogP) is 2.02. The number of aliphatic hydroxyl groups excluding tert-OH is 1. The Morgan fingerprint density at radius 2 is 2.23 bits per heavy atom. The molecule has 13 heavy (non-hydrogen) atoms. The minimum Gasteiger partial charge on any atom is -0.493 e. The molecule has 0 spiro atoms. The van der Waals surface area contributed by atoms with Crippen LogP contribution in [0.15, 0.2) is 12.1 Å². The van der Waals surface area contributed by atoms with Crippen molar-refractivity contribution in [3.8, 4) is 5.75 Å². The molecule has 0 aliphatic heterocycles. The minimum atomic E-state index is -0.574. The summed E-state index contributed by atoms with van der Waals surface area (Å²) in [6.45, 7) is -0.0442. The van der Waals surface area contributed by atoms with Gasteiger partial charge in [0.25, 0.3) is 0 Å². The average Bonchev–Trinajstić information content (AvgIpc) is 2.12. The Morgan fingerprint density at radius 3 is 2.77 bits per heavy atom. The highest BCUT2D eigenvalue weighted by Crippen LogP contribution is 2.28. The highest BCUT2D eigenvalue weighted by atomic mass is 35.5. The van der Waals surface area contributed by atoms with E-state index in [-0.39, 0.29) is 17.4 Å². The lowest BCUT2D eigenvalue weighted by Crippen LogP contribution is -1.98. The average molecular weight is 205 g/mol. The first-order valence-electron chi connectivity index (χ1n) is 3.82. The topological polar surface area (TPSA) is 29.5 Å². The molecule has 72 valence electrons. The second-order valence-corrected chi connectivity index (χ2v) is 2.93. The maximum Gasteiger partial charge on any atom is 0.183 e. The van der Waals surface area contributed by atoms with Gasteiger partial charge in [0.15, 0.2) is 11.6 Å². The van der Waals surface area contributed by atoms with Crippen molar-refractivity contribution in [2.45, 2.75) is 6.42 Å². The molecule has 0 saturated carbocycles. The first-order chi connectivity index (χ1) is 6.20. The van der Waals surface area contributed by atoms with Crippen LogP contribution in [0.2, 0.25) is 5.02 Å². The van der Waals surface area contributed by atoms with E-state index >= 15 is 0 Å². The van der Waals surface area contributed by atoms with Crippen LogP contribution < -0.4 is 4.74 Å². The summed E-state index contributed by atoms with van der Waals surface area (Å²) < 4.78 is 18.1. The summed E-state index contributed by atoms with van der Waals surface area (Å²) in [5, 5.41) is 8.72. The van der Waals surface area contributed by atoms with Gasteiger partial charge in [-0.15, -0.1) is 0 Å². The van der Waals surface area contributed by atoms with Crippen LogP contribution in [0, 0.1) is 5.82 Å². The molecule has 0 aromatic heterocycles. The number of benzene rings is 1. The number of hydrogen-bond donors (Lipinski definition) is 1. The van der Waals surface area contributed by atoms with Gasteiger partial charge in [-0.3, -0.25) is 0 Å². The predicted molar refractivity (Wildman–Crippen MR) is 48.8 cm³/mol. The fourth-order valence-corrected chi connectivity index (χ4v) is 1.26. The van der Waals surface area contributed by atoms with Crippen LogP contribution >= 0.6 is 11.6 Å². The number of ether oxygens (including phenoxy) is 1. The molecule has 0 aliphatic carbocycles. The SMILES string of the molecule is COc1c(CCO)ccc(Cl)c1F. The largest absolute Gasteiger partial charge is 0.493 e. The number of aliphatic hydroxyl groups is 1. The van der Waals surface area contributed by atoms with Gasteiger partial charge in [-0.1, -0.05) is 17.7 Å². The molecule has 0 atom stereocenters. The maximum absolute atomic E-state index is 13.2. The third-order valence-corrected chi connectivity index (χ3v) is 2.01. The highest BCUT2D eigenvalue weighted by molar-refractivity contribution is 6.30. The van der Waals surface area contributed by atoms with Crippen molar-refractivity contribution < 1.29 is 14.2 Å². The molecule has 2 nitrogen and oxygen atoms in total. The summed E-state index contributed by atoms with van der Waals surface area (Å²) in [5.41, 5.74) is 0.618. The van der Waals surface area contributed by atoms with E-state index in [0.717, 1.165) is 0 Å². The lowest BCUT2D eigenvalue weighted by atomic mass is 10.1. The van der Waals surface area contributed by atoms with Crippen molar-refractivity contribution in [2.24, 2.45) is 0 Å². The molecule has 0 amide bonds. The monoisotopic (exact) mass is 204 g/mol. The summed E-state index contributed by atoms with van der Waals surface area (Å²) in [7, 11) is 1.37. The van der Waals surface area contributed by atoms with Crippen molar-refractivity contribution in [3.63, 3.8) is 0 Å². The fourth-order valence-electron chi connectivity index (χ4n) is 1.11. The Kier molecular flexibility index (Phi) is 3.51. The van der Waals surface area contributed by atoms with Crippen LogP contribution in [0.25, 0.3) is 0 Å². The number of hydrogen-bond acceptors (Lipinski definition) is 2. The molecular weight excluding hydrogens is 195 g/mol. The van der Waals surface area contributed by atoms with Crippen LogP contribution in [-0.4, -0.2) is 18.8 Å². The third kappa shape index (κ3) is 2.11. The summed E-state index contributed by atoms with van der Waals surface area (Å²) in [4.78, 5) is 0. The lowest BCUT2D eigenvalue weighted by molar-refractivity contribution is 0.295. The van der Waals surface area contributed by atoms with E-state index in [2.05, 4.69) is 0 Å². The molecule has 1 rings (SSSR count).